The van der Waals surface area contributed by atoms with Crippen LogP contribution in [0, 0.1) is 38.0 Å². The summed E-state index contributed by atoms with van der Waals surface area (Å²) in [6.45, 7) is 2.03. The van der Waals surface area contributed by atoms with Crippen molar-refractivity contribution in [2.75, 3.05) is 0 Å². The van der Waals surface area contributed by atoms with Gasteiger partial charge in [0.05, 0.1) is 0 Å². The smallest absolute Gasteiger partial charge is 0.143 e. The van der Waals surface area contributed by atoms with Crippen LogP contribution >= 0.6 is 0 Å². The zero-order chi connectivity index (χ0) is 15.6. The molecule has 0 bridgehead atoms. The van der Waals surface area contributed by atoms with Crippen molar-refractivity contribution in [3.05, 3.63) is 72.3 Å². The molecule has 0 aliphatic heterocycles. The van der Waals surface area contributed by atoms with E-state index in [4.69, 9.17) is 0 Å². The summed E-state index contributed by atoms with van der Waals surface area (Å²) in [6, 6.07) is 22.5. The molecule has 0 aliphatic rings. The Bertz CT molecular complexity index is 1140. The molecule has 0 saturated heterocycles. The van der Waals surface area contributed by atoms with Crippen molar-refractivity contribution >= 4 is 11.0 Å². The Morgan fingerprint density at radius 2 is 1.48 bits per heavy atom. The van der Waals surface area contributed by atoms with Gasteiger partial charge in [-0.3, -0.25) is 0 Å². The summed E-state index contributed by atoms with van der Waals surface area (Å²) in [5.74, 6) is 0.291. The zero-order valence-corrected chi connectivity index (χ0v) is 19.1. The van der Waals surface area contributed by atoms with Crippen LogP contribution in [0.15, 0.2) is 66.7 Å². The number of aromatic nitrogens is 3. The fourth-order valence-electron chi connectivity index (χ4n) is 3.15. The molecule has 0 saturated carbocycles. The van der Waals surface area contributed by atoms with Gasteiger partial charge in [-0.15, -0.1) is 14.1 Å². The maximum Gasteiger partial charge on any atom is 0.143 e. The average molecular weight is 590 g/mol. The van der Waals surface area contributed by atoms with Gasteiger partial charge in [0.15, 0.2) is 0 Å². The number of hydrogen-bond donors (Lipinski definition) is 1. The van der Waals surface area contributed by atoms with Crippen LogP contribution in [0.25, 0.3) is 27.8 Å². The SMILES string of the molecule is Cc1ccc(O)c(-n2n3c4ccc(-c5ccccc5)cc4n23)c1.[U].[V]. The van der Waals surface area contributed by atoms with Crippen LogP contribution < -0.4 is 0 Å². The molecule has 25 heavy (non-hydrogen) atoms. The van der Waals surface area contributed by atoms with E-state index < -0.39 is 0 Å². The Kier molecular flexibility index (Phi) is 4.88. The van der Waals surface area contributed by atoms with E-state index in [1.54, 1.807) is 6.07 Å². The number of hydrogen-bond acceptors (Lipinski definition) is 1. The molecule has 0 aliphatic carbocycles. The van der Waals surface area contributed by atoms with E-state index in [2.05, 4.69) is 51.7 Å². The van der Waals surface area contributed by atoms with Crippen LogP contribution in [-0.2, 0) is 18.6 Å². The third-order valence-electron chi connectivity index (χ3n) is 4.37. The number of aryl methyl sites for hydroxylation is 1. The quantitative estimate of drug-likeness (QED) is 0.331. The van der Waals surface area contributed by atoms with E-state index >= 15 is 0 Å². The monoisotopic (exact) mass is 590 g/mol. The molecule has 1 N–H and O–H groups in total. The number of benzene rings is 3. The number of phenolic OH excluding ortho intramolecular Hbond substituents is 1. The minimum Gasteiger partial charge on any atom is -0.506 e. The van der Waals surface area contributed by atoms with Gasteiger partial charge in [-0.1, -0.05) is 42.5 Å². The molecule has 1 radical (unpaired) electrons. The second-order valence-electron chi connectivity index (χ2n) is 5.93. The molecule has 2 aromatic heterocycles. The number of aromatic hydroxyl groups is 1. The molecule has 4 nitrogen and oxygen atoms in total. The van der Waals surface area contributed by atoms with Gasteiger partial charge in [0, 0.05) is 49.7 Å². The van der Waals surface area contributed by atoms with Crippen molar-refractivity contribution in [2.45, 2.75) is 6.92 Å². The zero-order valence-electron chi connectivity index (χ0n) is 13.6. The molecule has 0 amide bonds. The first kappa shape index (κ1) is 18.3. The predicted molar refractivity (Wildman–Crippen MR) is 90.7 cm³/mol. The first-order valence-electron chi connectivity index (χ1n) is 7.63. The van der Waals surface area contributed by atoms with Crippen LogP contribution in [0.1, 0.15) is 5.56 Å². The largest absolute Gasteiger partial charge is 0.506 e. The van der Waals surface area contributed by atoms with Gasteiger partial charge in [-0.2, -0.15) is 0 Å². The van der Waals surface area contributed by atoms with Crippen LogP contribution in [0.5, 0.6) is 5.75 Å². The minimum atomic E-state index is 0. The molecule has 0 atom stereocenters. The third-order valence-corrected chi connectivity index (χ3v) is 4.37. The average Bonchev–Trinajstić information content (AvgIpc) is 3.24. The summed E-state index contributed by atoms with van der Waals surface area (Å²) in [6.07, 6.45) is 0. The molecule has 2 heterocycles. The molecule has 121 valence electrons. The van der Waals surface area contributed by atoms with Gasteiger partial charge in [0.25, 0.3) is 0 Å². The van der Waals surface area contributed by atoms with Crippen molar-refractivity contribution in [1.82, 2.24) is 14.1 Å². The van der Waals surface area contributed by atoms with Crippen molar-refractivity contribution in [3.8, 4) is 22.6 Å². The molecule has 0 spiro atoms. The van der Waals surface area contributed by atoms with Gasteiger partial charge in [0.2, 0.25) is 0 Å². The molecular formula is C19H15N3OUV. The summed E-state index contributed by atoms with van der Waals surface area (Å²) in [7, 11) is 0. The van der Waals surface area contributed by atoms with E-state index in [1.807, 2.05) is 29.9 Å². The van der Waals surface area contributed by atoms with E-state index in [0.717, 1.165) is 22.3 Å². The maximum absolute atomic E-state index is 10.1. The minimum absolute atomic E-state index is 0. The molecule has 5 aromatic rings. The molecule has 0 unspecified atom stereocenters. The van der Waals surface area contributed by atoms with Crippen molar-refractivity contribution in [1.29, 1.82) is 0 Å². The second-order valence-corrected chi connectivity index (χ2v) is 5.93. The Morgan fingerprint density at radius 3 is 2.24 bits per heavy atom. The van der Waals surface area contributed by atoms with Crippen molar-refractivity contribution in [2.24, 2.45) is 0 Å². The Hall–Kier alpha value is -1.50. The second kappa shape index (κ2) is 6.66. The van der Waals surface area contributed by atoms with Gasteiger partial charge >= 0.3 is 0 Å². The number of phenols is 1. The maximum atomic E-state index is 10.1. The fraction of sp³-hybridized carbons (Fsp3) is 0.0526. The molecular weight excluding hydrogens is 575 g/mol. The topological polar surface area (TPSA) is 34.0 Å². The Balaban J connectivity index is 0.000000911. The van der Waals surface area contributed by atoms with E-state index in [-0.39, 0.29) is 49.7 Å². The molecule has 0 fully saturated rings. The third kappa shape index (κ3) is 2.76. The fourth-order valence-corrected chi connectivity index (χ4v) is 3.15. The van der Waals surface area contributed by atoms with Crippen LogP contribution in [0.4, 0.5) is 0 Å². The number of nitrogens with zero attached hydrogens (tertiary/aromatic N) is 3. The molecule has 3 aromatic carbocycles. The predicted octanol–water partition coefficient (Wildman–Crippen LogP) is 4.10. The van der Waals surface area contributed by atoms with Gasteiger partial charge < -0.3 is 5.11 Å². The summed E-state index contributed by atoms with van der Waals surface area (Å²) in [5, 5.41) is 10.1. The first-order valence-corrected chi connectivity index (χ1v) is 7.63. The summed E-state index contributed by atoms with van der Waals surface area (Å²) >= 11 is 0. The van der Waals surface area contributed by atoms with Crippen LogP contribution in [-0.4, -0.2) is 19.2 Å². The van der Waals surface area contributed by atoms with Gasteiger partial charge in [0.1, 0.15) is 22.5 Å². The summed E-state index contributed by atoms with van der Waals surface area (Å²) in [5.41, 5.74) is 6.66. The normalized spacial score (nSPS) is 10.9. The van der Waals surface area contributed by atoms with E-state index in [9.17, 15) is 5.11 Å². The van der Waals surface area contributed by atoms with Gasteiger partial charge in [-0.05, 0) is 47.9 Å². The van der Waals surface area contributed by atoms with Crippen LogP contribution in [0.2, 0.25) is 0 Å². The summed E-state index contributed by atoms with van der Waals surface area (Å²) in [4.78, 5) is 1.99. The summed E-state index contributed by atoms with van der Waals surface area (Å²) < 4.78 is 4.12. The molecule has 5 rings (SSSR count). The van der Waals surface area contributed by atoms with E-state index in [0.29, 0.717) is 5.75 Å². The molecule has 6 heteroatoms. The Labute approximate surface area is 180 Å². The first-order chi connectivity index (χ1) is 11.2. The van der Waals surface area contributed by atoms with Crippen molar-refractivity contribution < 1.29 is 54.8 Å². The number of fused-ring (bicyclic) bond motifs is 4. The van der Waals surface area contributed by atoms with E-state index in [1.165, 1.54) is 11.1 Å². The van der Waals surface area contributed by atoms with Crippen molar-refractivity contribution in [3.63, 3.8) is 0 Å². The standard InChI is InChI=1S/C19H15N3O.U.V/c1-13-7-10-19(23)18(11-13)22-20-16-9-8-15(12-17(16)21(20)22)14-5-3-2-4-6-14;;/h2-12,23H,1H3;;. The van der Waals surface area contributed by atoms with Gasteiger partial charge in [-0.25, -0.2) is 0 Å². The number of rotatable bonds is 2. The Morgan fingerprint density at radius 1 is 0.760 bits per heavy atom. The van der Waals surface area contributed by atoms with Crippen LogP contribution in [0.3, 0.4) is 0 Å².